The van der Waals surface area contributed by atoms with E-state index in [1.54, 1.807) is 55.6 Å². The summed E-state index contributed by atoms with van der Waals surface area (Å²) in [5.74, 6) is -0.551. The Morgan fingerprint density at radius 1 is 1.04 bits per heavy atom. The van der Waals surface area contributed by atoms with Crippen LogP contribution >= 0.6 is 12.2 Å². The highest BCUT2D eigenvalue weighted by Crippen LogP contribution is 2.24. The van der Waals surface area contributed by atoms with Gasteiger partial charge in [-0.3, -0.25) is 24.6 Å². The Hall–Kier alpha value is -3.52. The van der Waals surface area contributed by atoms with E-state index in [4.69, 9.17) is 21.7 Å². The lowest BCUT2D eigenvalue weighted by Gasteiger charge is -2.29. The number of carbonyl (C=O) groups is 3. The van der Waals surface area contributed by atoms with Crippen molar-refractivity contribution in [1.29, 1.82) is 0 Å². The van der Waals surface area contributed by atoms with Gasteiger partial charge >= 0.3 is 5.97 Å². The average molecular weight is 396 g/mol. The molecule has 1 heterocycles. The van der Waals surface area contributed by atoms with E-state index in [9.17, 15) is 14.4 Å². The molecule has 0 unspecified atom stereocenters. The van der Waals surface area contributed by atoms with Crippen molar-refractivity contribution in [3.63, 3.8) is 0 Å². The Morgan fingerprint density at radius 3 is 2.21 bits per heavy atom. The van der Waals surface area contributed by atoms with E-state index in [0.29, 0.717) is 22.7 Å². The lowest BCUT2D eigenvalue weighted by Crippen LogP contribution is -2.54. The highest BCUT2D eigenvalue weighted by molar-refractivity contribution is 7.80. The smallest absolute Gasteiger partial charge is 0.308 e. The third-order valence-corrected chi connectivity index (χ3v) is 4.17. The first kappa shape index (κ1) is 19.2. The van der Waals surface area contributed by atoms with Crippen LogP contribution in [0, 0.1) is 0 Å². The maximum Gasteiger partial charge on any atom is 0.308 e. The Kier molecular flexibility index (Phi) is 5.51. The van der Waals surface area contributed by atoms with Gasteiger partial charge in [-0.1, -0.05) is 12.1 Å². The summed E-state index contributed by atoms with van der Waals surface area (Å²) in [4.78, 5) is 37.5. The van der Waals surface area contributed by atoms with Crippen LogP contribution in [0.2, 0.25) is 0 Å². The minimum Gasteiger partial charge on any atom is -0.497 e. The van der Waals surface area contributed by atoms with Gasteiger partial charge in [0, 0.05) is 6.92 Å². The summed E-state index contributed by atoms with van der Waals surface area (Å²) in [7, 11) is 1.54. The summed E-state index contributed by atoms with van der Waals surface area (Å²) < 4.78 is 10.1. The van der Waals surface area contributed by atoms with Gasteiger partial charge < -0.3 is 9.47 Å². The second-order valence-corrected chi connectivity index (χ2v) is 6.21. The van der Waals surface area contributed by atoms with E-state index >= 15 is 0 Å². The second kappa shape index (κ2) is 8.01. The Morgan fingerprint density at radius 2 is 1.64 bits per heavy atom. The molecule has 0 radical (unpaired) electrons. The van der Waals surface area contributed by atoms with Gasteiger partial charge in [0.2, 0.25) is 0 Å². The number of thiocarbonyl (C=S) groups is 1. The van der Waals surface area contributed by atoms with Crippen LogP contribution in [-0.2, 0) is 14.4 Å². The summed E-state index contributed by atoms with van der Waals surface area (Å²) in [6.07, 6.45) is 1.45. The number of anilines is 1. The van der Waals surface area contributed by atoms with Crippen LogP contribution in [0.15, 0.2) is 54.1 Å². The fraction of sp³-hybridized carbons (Fsp3) is 0.100. The van der Waals surface area contributed by atoms with Crippen molar-refractivity contribution in [2.75, 3.05) is 12.0 Å². The van der Waals surface area contributed by atoms with Gasteiger partial charge in [0.15, 0.2) is 5.11 Å². The summed E-state index contributed by atoms with van der Waals surface area (Å²) in [6.45, 7) is 1.30. The van der Waals surface area contributed by atoms with Crippen molar-refractivity contribution in [2.45, 2.75) is 6.92 Å². The molecule has 1 aliphatic rings. The molecule has 0 bridgehead atoms. The van der Waals surface area contributed by atoms with Gasteiger partial charge in [-0.15, -0.1) is 0 Å². The fourth-order valence-corrected chi connectivity index (χ4v) is 2.87. The molecule has 2 aromatic carbocycles. The highest BCUT2D eigenvalue weighted by atomic mass is 32.1. The van der Waals surface area contributed by atoms with Crippen molar-refractivity contribution < 1.29 is 23.9 Å². The van der Waals surface area contributed by atoms with Gasteiger partial charge in [0.1, 0.15) is 17.1 Å². The average Bonchev–Trinajstić information content (AvgIpc) is 2.66. The van der Waals surface area contributed by atoms with Gasteiger partial charge in [-0.05, 0) is 60.3 Å². The van der Waals surface area contributed by atoms with Crippen molar-refractivity contribution in [3.8, 4) is 11.5 Å². The number of benzene rings is 2. The van der Waals surface area contributed by atoms with Gasteiger partial charge in [0.25, 0.3) is 11.8 Å². The molecule has 1 fully saturated rings. The summed E-state index contributed by atoms with van der Waals surface area (Å²) in [5, 5.41) is 2.53. The minimum atomic E-state index is -0.580. The Balaban J connectivity index is 1.90. The molecule has 0 aromatic heterocycles. The zero-order chi connectivity index (χ0) is 20.3. The van der Waals surface area contributed by atoms with Crippen molar-refractivity contribution >= 4 is 46.9 Å². The molecular weight excluding hydrogens is 380 g/mol. The van der Waals surface area contributed by atoms with Gasteiger partial charge in [-0.25, -0.2) is 0 Å². The number of nitrogens with one attached hydrogen (secondary N) is 1. The molecule has 0 saturated carbocycles. The molecule has 8 heteroatoms. The normalized spacial score (nSPS) is 15.4. The van der Waals surface area contributed by atoms with E-state index in [-0.39, 0.29) is 10.7 Å². The molecule has 1 saturated heterocycles. The van der Waals surface area contributed by atoms with Gasteiger partial charge in [-0.2, -0.15) is 0 Å². The molecule has 1 aliphatic heterocycles. The van der Waals surface area contributed by atoms with Crippen molar-refractivity contribution in [1.82, 2.24) is 5.32 Å². The summed E-state index contributed by atoms with van der Waals surface area (Å²) in [6, 6.07) is 13.2. The van der Waals surface area contributed by atoms with Crippen LogP contribution in [0.3, 0.4) is 0 Å². The molecule has 2 amide bonds. The monoisotopic (exact) mass is 396 g/mol. The molecule has 2 aromatic rings. The lowest BCUT2D eigenvalue weighted by atomic mass is 10.1. The predicted molar refractivity (Wildman–Crippen MR) is 107 cm³/mol. The number of esters is 1. The quantitative estimate of drug-likeness (QED) is 0.281. The first-order valence-electron chi connectivity index (χ1n) is 8.23. The molecule has 142 valence electrons. The zero-order valence-corrected chi connectivity index (χ0v) is 15.9. The first-order valence-corrected chi connectivity index (χ1v) is 8.64. The number of methoxy groups -OCH3 is 1. The largest absolute Gasteiger partial charge is 0.497 e. The number of carbonyl (C=O) groups excluding carboxylic acids is 3. The van der Waals surface area contributed by atoms with Crippen LogP contribution in [0.5, 0.6) is 11.5 Å². The molecule has 7 nitrogen and oxygen atoms in total. The zero-order valence-electron chi connectivity index (χ0n) is 15.1. The number of hydrogen-bond donors (Lipinski definition) is 1. The number of nitrogens with zero attached hydrogens (tertiary/aromatic N) is 1. The van der Waals surface area contributed by atoms with E-state index in [0.717, 1.165) is 0 Å². The predicted octanol–water partition coefficient (Wildman–Crippen LogP) is 2.45. The third kappa shape index (κ3) is 4.07. The van der Waals surface area contributed by atoms with Crippen LogP contribution in [0.25, 0.3) is 6.08 Å². The fourth-order valence-electron chi connectivity index (χ4n) is 2.59. The number of amides is 2. The molecule has 3 rings (SSSR count). The van der Waals surface area contributed by atoms with Crippen LogP contribution in [0.4, 0.5) is 5.69 Å². The molecule has 1 N–H and O–H groups in total. The molecule has 0 atom stereocenters. The maximum atomic E-state index is 12.9. The lowest BCUT2D eigenvalue weighted by molar-refractivity contribution is -0.132. The van der Waals surface area contributed by atoms with Crippen LogP contribution in [0.1, 0.15) is 12.5 Å². The third-order valence-electron chi connectivity index (χ3n) is 3.88. The molecule has 0 aliphatic carbocycles. The first-order chi connectivity index (χ1) is 13.4. The second-order valence-electron chi connectivity index (χ2n) is 5.82. The maximum absolute atomic E-state index is 12.9. The highest BCUT2D eigenvalue weighted by Gasteiger charge is 2.34. The standard InChI is InChI=1S/C20H16N2O5S/c1-12(23)27-16-7-3-13(4-8-16)11-17-18(24)21-20(28)22(19(17)25)14-5-9-15(26-2)10-6-14/h3-11H,1-2H3,(H,21,24,28)/b17-11-. The van der Waals surface area contributed by atoms with E-state index < -0.39 is 17.8 Å². The van der Waals surface area contributed by atoms with Crippen LogP contribution in [-0.4, -0.2) is 30.0 Å². The minimum absolute atomic E-state index is 0.00234. The van der Waals surface area contributed by atoms with Crippen LogP contribution < -0.4 is 19.7 Å². The number of hydrogen-bond acceptors (Lipinski definition) is 6. The summed E-state index contributed by atoms with van der Waals surface area (Å²) >= 11 is 5.17. The number of ether oxygens (including phenoxy) is 2. The number of rotatable bonds is 4. The van der Waals surface area contributed by atoms with Gasteiger partial charge in [0.05, 0.1) is 12.8 Å². The molecule has 0 spiro atoms. The van der Waals surface area contributed by atoms with E-state index in [2.05, 4.69) is 5.32 Å². The topological polar surface area (TPSA) is 84.9 Å². The van der Waals surface area contributed by atoms with E-state index in [1.807, 2.05) is 0 Å². The Bertz CT molecular complexity index is 981. The Labute approximate surface area is 166 Å². The van der Waals surface area contributed by atoms with E-state index in [1.165, 1.54) is 17.9 Å². The molecular formula is C20H16N2O5S. The van der Waals surface area contributed by atoms with Crippen molar-refractivity contribution in [2.24, 2.45) is 0 Å². The SMILES string of the molecule is COc1ccc(N2C(=O)/C(=C\c3ccc(OC(C)=O)cc3)C(=O)NC2=S)cc1. The summed E-state index contributed by atoms with van der Waals surface area (Å²) in [5.41, 5.74) is 1.04. The molecule has 28 heavy (non-hydrogen) atoms. The van der Waals surface area contributed by atoms with Crippen molar-refractivity contribution in [3.05, 3.63) is 59.7 Å².